The van der Waals surface area contributed by atoms with Gasteiger partial charge in [-0.2, -0.15) is 0 Å². The van der Waals surface area contributed by atoms with Crippen LogP contribution in [0.2, 0.25) is 0 Å². The molecule has 0 spiro atoms. The summed E-state index contributed by atoms with van der Waals surface area (Å²) in [5.41, 5.74) is 5.43. The summed E-state index contributed by atoms with van der Waals surface area (Å²) in [6.45, 7) is 4.14. The van der Waals surface area contributed by atoms with Crippen molar-refractivity contribution in [3.05, 3.63) is 58.9 Å². The summed E-state index contributed by atoms with van der Waals surface area (Å²) >= 11 is 0. The summed E-state index contributed by atoms with van der Waals surface area (Å²) in [7, 11) is 0. The molecule has 0 aliphatic carbocycles. The maximum Gasteiger partial charge on any atom is 0.163 e. The highest BCUT2D eigenvalue weighted by molar-refractivity contribution is 5.21. The Morgan fingerprint density at radius 3 is 2.35 bits per heavy atom. The molecular formula is C13H14F2N2. The van der Waals surface area contributed by atoms with Gasteiger partial charge < -0.3 is 5.43 Å². The van der Waals surface area contributed by atoms with E-state index in [1.807, 2.05) is 30.7 Å². The molecule has 4 heteroatoms. The number of aromatic nitrogens is 1. The zero-order valence-electron chi connectivity index (χ0n) is 9.80. The Morgan fingerprint density at radius 1 is 1.06 bits per heavy atom. The van der Waals surface area contributed by atoms with Crippen molar-refractivity contribution in [2.24, 2.45) is 0 Å². The molecule has 0 amide bonds. The Hall–Kier alpha value is -1.84. The Labute approximate surface area is 98.9 Å². The second kappa shape index (κ2) is 4.57. The van der Waals surface area contributed by atoms with E-state index in [0.717, 1.165) is 17.5 Å². The molecule has 0 radical (unpaired) electrons. The van der Waals surface area contributed by atoms with Gasteiger partial charge in [-0.3, -0.25) is 4.68 Å². The molecule has 0 saturated heterocycles. The molecule has 0 unspecified atom stereocenters. The zero-order chi connectivity index (χ0) is 12.4. The minimum absolute atomic E-state index is 0.250. The first-order valence-electron chi connectivity index (χ1n) is 5.41. The predicted octanol–water partition coefficient (Wildman–Crippen LogP) is 3.13. The Kier molecular flexibility index (Phi) is 3.13. The van der Waals surface area contributed by atoms with Gasteiger partial charge >= 0.3 is 0 Å². The van der Waals surface area contributed by atoms with Gasteiger partial charge in [0, 0.05) is 17.0 Å². The molecule has 0 fully saturated rings. The summed E-state index contributed by atoms with van der Waals surface area (Å²) in [6.07, 6.45) is 0. The number of aryl methyl sites for hydroxylation is 2. The molecule has 0 atom stereocenters. The number of hydrogen-bond acceptors (Lipinski definition) is 1. The predicted molar refractivity (Wildman–Crippen MR) is 63.3 cm³/mol. The zero-order valence-corrected chi connectivity index (χ0v) is 9.80. The SMILES string of the molecule is Cc1ccc(C)n1NCc1cccc(F)c1F. The standard InChI is InChI=1S/C13H14F2N2/c1-9-6-7-10(2)17(9)16-8-11-4-3-5-12(14)13(11)15/h3-7,16H,8H2,1-2H3. The molecule has 2 aromatic rings. The number of nitrogens with one attached hydrogen (secondary N) is 1. The van der Waals surface area contributed by atoms with Gasteiger partial charge in [0.1, 0.15) is 0 Å². The van der Waals surface area contributed by atoms with Crippen LogP contribution in [-0.2, 0) is 6.54 Å². The van der Waals surface area contributed by atoms with Gasteiger partial charge in [-0.05, 0) is 32.0 Å². The lowest BCUT2D eigenvalue weighted by molar-refractivity contribution is 0.498. The van der Waals surface area contributed by atoms with Crippen LogP contribution in [0.25, 0.3) is 0 Å². The van der Waals surface area contributed by atoms with Crippen LogP contribution in [0.5, 0.6) is 0 Å². The van der Waals surface area contributed by atoms with Crippen molar-refractivity contribution in [2.75, 3.05) is 5.43 Å². The monoisotopic (exact) mass is 236 g/mol. The van der Waals surface area contributed by atoms with Crippen molar-refractivity contribution < 1.29 is 8.78 Å². The highest BCUT2D eigenvalue weighted by atomic mass is 19.2. The van der Waals surface area contributed by atoms with Gasteiger partial charge in [0.2, 0.25) is 0 Å². The summed E-state index contributed by atoms with van der Waals surface area (Å²) in [5, 5.41) is 0. The van der Waals surface area contributed by atoms with Crippen LogP contribution in [0.15, 0.2) is 30.3 Å². The number of benzene rings is 1. The van der Waals surface area contributed by atoms with Crippen LogP contribution in [0, 0.1) is 25.5 Å². The first kappa shape index (κ1) is 11.6. The normalized spacial score (nSPS) is 10.6. The molecule has 2 nitrogen and oxygen atoms in total. The second-order valence-corrected chi connectivity index (χ2v) is 4.00. The fourth-order valence-corrected chi connectivity index (χ4v) is 1.77. The molecule has 2 rings (SSSR count). The van der Waals surface area contributed by atoms with E-state index in [-0.39, 0.29) is 6.54 Å². The summed E-state index contributed by atoms with van der Waals surface area (Å²) in [6, 6.07) is 8.11. The molecule has 0 saturated carbocycles. The van der Waals surface area contributed by atoms with E-state index in [1.165, 1.54) is 6.07 Å². The summed E-state index contributed by atoms with van der Waals surface area (Å²) < 4.78 is 28.3. The van der Waals surface area contributed by atoms with E-state index in [2.05, 4.69) is 5.43 Å². The molecule has 1 aromatic heterocycles. The molecule has 0 bridgehead atoms. The fraction of sp³-hybridized carbons (Fsp3) is 0.231. The molecule has 17 heavy (non-hydrogen) atoms. The van der Waals surface area contributed by atoms with E-state index in [1.54, 1.807) is 6.07 Å². The van der Waals surface area contributed by atoms with Crippen molar-refractivity contribution in [1.29, 1.82) is 0 Å². The van der Waals surface area contributed by atoms with E-state index >= 15 is 0 Å². The first-order chi connectivity index (χ1) is 8.09. The molecule has 90 valence electrons. The molecule has 0 aliphatic rings. The Bertz CT molecular complexity index is 513. The van der Waals surface area contributed by atoms with Crippen LogP contribution in [0.4, 0.5) is 8.78 Å². The van der Waals surface area contributed by atoms with Crippen molar-refractivity contribution in [2.45, 2.75) is 20.4 Å². The Morgan fingerprint density at radius 2 is 1.71 bits per heavy atom. The van der Waals surface area contributed by atoms with Crippen LogP contribution in [0.3, 0.4) is 0 Å². The van der Waals surface area contributed by atoms with Gasteiger partial charge in [-0.15, -0.1) is 0 Å². The third-order valence-electron chi connectivity index (χ3n) is 2.73. The van der Waals surface area contributed by atoms with Gasteiger partial charge in [0.15, 0.2) is 11.6 Å². The minimum atomic E-state index is -0.815. The average molecular weight is 236 g/mol. The van der Waals surface area contributed by atoms with Crippen molar-refractivity contribution >= 4 is 0 Å². The van der Waals surface area contributed by atoms with Crippen LogP contribution in [-0.4, -0.2) is 4.68 Å². The number of rotatable bonds is 3. The van der Waals surface area contributed by atoms with Crippen LogP contribution in [0.1, 0.15) is 17.0 Å². The molecule has 0 aliphatic heterocycles. The number of halogens is 2. The number of hydrogen-bond donors (Lipinski definition) is 1. The molecule has 1 heterocycles. The third-order valence-corrected chi connectivity index (χ3v) is 2.73. The van der Waals surface area contributed by atoms with Crippen molar-refractivity contribution in [3.63, 3.8) is 0 Å². The van der Waals surface area contributed by atoms with Crippen LogP contribution >= 0.6 is 0 Å². The highest BCUT2D eigenvalue weighted by Crippen LogP contribution is 2.12. The first-order valence-corrected chi connectivity index (χ1v) is 5.41. The lowest BCUT2D eigenvalue weighted by Crippen LogP contribution is -2.17. The maximum absolute atomic E-state index is 13.4. The molecule has 1 aromatic carbocycles. The average Bonchev–Trinajstić information content (AvgIpc) is 2.62. The lowest BCUT2D eigenvalue weighted by Gasteiger charge is -2.13. The summed E-state index contributed by atoms with van der Waals surface area (Å²) in [5.74, 6) is -1.60. The topological polar surface area (TPSA) is 17.0 Å². The van der Waals surface area contributed by atoms with E-state index in [9.17, 15) is 8.78 Å². The molecule has 1 N–H and O–H groups in total. The lowest BCUT2D eigenvalue weighted by atomic mass is 10.2. The minimum Gasteiger partial charge on any atom is -0.321 e. The maximum atomic E-state index is 13.4. The molecular weight excluding hydrogens is 222 g/mol. The van der Waals surface area contributed by atoms with E-state index in [4.69, 9.17) is 0 Å². The van der Waals surface area contributed by atoms with Crippen molar-refractivity contribution in [3.8, 4) is 0 Å². The van der Waals surface area contributed by atoms with Crippen LogP contribution < -0.4 is 5.43 Å². The third kappa shape index (κ3) is 2.30. The van der Waals surface area contributed by atoms with E-state index < -0.39 is 11.6 Å². The Balaban J connectivity index is 2.15. The van der Waals surface area contributed by atoms with Crippen molar-refractivity contribution in [1.82, 2.24) is 4.68 Å². The smallest absolute Gasteiger partial charge is 0.163 e. The quantitative estimate of drug-likeness (QED) is 0.866. The van der Waals surface area contributed by atoms with Gasteiger partial charge in [0.25, 0.3) is 0 Å². The fourth-order valence-electron chi connectivity index (χ4n) is 1.77. The van der Waals surface area contributed by atoms with Gasteiger partial charge in [-0.25, -0.2) is 8.78 Å². The highest BCUT2D eigenvalue weighted by Gasteiger charge is 2.07. The second-order valence-electron chi connectivity index (χ2n) is 4.00. The van der Waals surface area contributed by atoms with E-state index in [0.29, 0.717) is 5.56 Å². The largest absolute Gasteiger partial charge is 0.321 e. The van der Waals surface area contributed by atoms with Gasteiger partial charge in [0.05, 0.1) is 6.54 Å². The summed E-state index contributed by atoms with van der Waals surface area (Å²) in [4.78, 5) is 0. The number of nitrogens with zero attached hydrogens (tertiary/aromatic N) is 1. The van der Waals surface area contributed by atoms with Gasteiger partial charge in [-0.1, -0.05) is 12.1 Å².